The number of carbonyl (C=O) groups excluding carboxylic acids is 1. The van der Waals surface area contributed by atoms with Crippen LogP contribution in [0.2, 0.25) is 0 Å². The maximum Gasteiger partial charge on any atom is 0.188 e. The third-order valence-electron chi connectivity index (χ3n) is 2.34. The lowest BCUT2D eigenvalue weighted by atomic mass is 10.2. The van der Waals surface area contributed by atoms with Crippen LogP contribution in [0.1, 0.15) is 16.3 Å². The summed E-state index contributed by atoms with van der Waals surface area (Å²) in [4.78, 5) is 19.8. The van der Waals surface area contributed by atoms with Crippen LogP contribution >= 0.6 is 0 Å². The summed E-state index contributed by atoms with van der Waals surface area (Å²) < 4.78 is 3.56. The Morgan fingerprint density at radius 1 is 1.40 bits per heavy atom. The van der Waals surface area contributed by atoms with Gasteiger partial charge in [0.25, 0.3) is 0 Å². The number of aromatic nitrogens is 4. The molecule has 0 aliphatic carbocycles. The topological polar surface area (TPSA) is 52.7 Å². The molecule has 0 amide bonds. The first-order valence-corrected chi connectivity index (χ1v) is 4.64. The Morgan fingerprint density at radius 3 is 2.73 bits per heavy atom. The van der Waals surface area contributed by atoms with Gasteiger partial charge < -0.3 is 9.13 Å². The second kappa shape index (κ2) is 3.68. The van der Waals surface area contributed by atoms with Crippen molar-refractivity contribution in [3.8, 4) is 0 Å². The van der Waals surface area contributed by atoms with Gasteiger partial charge in [-0.05, 0) is 0 Å². The standard InChI is InChI=1S/C10H12N4O/c1-13-4-3-12-10(13)5-9(15)8-6-11-7-14(8)2/h3-4,6-7H,5H2,1-2H3. The third kappa shape index (κ3) is 1.81. The Bertz CT molecular complexity index is 483. The molecule has 0 saturated carbocycles. The van der Waals surface area contributed by atoms with Gasteiger partial charge in [-0.2, -0.15) is 0 Å². The summed E-state index contributed by atoms with van der Waals surface area (Å²) >= 11 is 0. The predicted octanol–water partition coefficient (Wildman–Crippen LogP) is 0.579. The number of aryl methyl sites for hydroxylation is 2. The second-order valence-electron chi connectivity index (χ2n) is 3.44. The summed E-state index contributed by atoms with van der Waals surface area (Å²) in [5.74, 6) is 0.797. The fourth-order valence-electron chi connectivity index (χ4n) is 1.43. The molecule has 2 rings (SSSR count). The van der Waals surface area contributed by atoms with Crippen molar-refractivity contribution in [2.75, 3.05) is 0 Å². The molecular weight excluding hydrogens is 192 g/mol. The lowest BCUT2D eigenvalue weighted by Gasteiger charge is -2.01. The average molecular weight is 204 g/mol. The molecule has 0 aromatic carbocycles. The zero-order valence-electron chi connectivity index (χ0n) is 8.71. The van der Waals surface area contributed by atoms with Crippen molar-refractivity contribution in [2.45, 2.75) is 6.42 Å². The highest BCUT2D eigenvalue weighted by atomic mass is 16.1. The van der Waals surface area contributed by atoms with Crippen LogP contribution < -0.4 is 0 Å². The molecule has 0 bridgehead atoms. The SMILES string of the molecule is Cn1cncc1C(=O)Cc1nccn1C. The lowest BCUT2D eigenvalue weighted by Crippen LogP contribution is -2.11. The molecule has 78 valence electrons. The molecule has 0 aliphatic rings. The minimum atomic E-state index is 0.0318. The number of carbonyl (C=O) groups is 1. The van der Waals surface area contributed by atoms with E-state index in [2.05, 4.69) is 9.97 Å². The van der Waals surface area contributed by atoms with E-state index in [0.29, 0.717) is 12.1 Å². The highest BCUT2D eigenvalue weighted by Gasteiger charge is 2.12. The van der Waals surface area contributed by atoms with E-state index >= 15 is 0 Å². The van der Waals surface area contributed by atoms with Gasteiger partial charge >= 0.3 is 0 Å². The first-order chi connectivity index (χ1) is 7.18. The summed E-state index contributed by atoms with van der Waals surface area (Å²) in [6, 6.07) is 0. The molecule has 2 heterocycles. The van der Waals surface area contributed by atoms with Crippen molar-refractivity contribution >= 4 is 5.78 Å². The maximum atomic E-state index is 11.8. The molecular formula is C10H12N4O. The molecule has 0 aliphatic heterocycles. The van der Waals surface area contributed by atoms with Crippen molar-refractivity contribution in [3.05, 3.63) is 36.4 Å². The van der Waals surface area contributed by atoms with Gasteiger partial charge in [-0.25, -0.2) is 9.97 Å². The van der Waals surface area contributed by atoms with Crippen molar-refractivity contribution in [1.29, 1.82) is 0 Å². The first-order valence-electron chi connectivity index (χ1n) is 4.64. The fraction of sp³-hybridized carbons (Fsp3) is 0.300. The molecule has 0 radical (unpaired) electrons. The summed E-state index contributed by atoms with van der Waals surface area (Å²) in [7, 11) is 3.68. The van der Waals surface area contributed by atoms with Gasteiger partial charge in [-0.15, -0.1) is 0 Å². The highest BCUT2D eigenvalue weighted by Crippen LogP contribution is 2.04. The van der Waals surface area contributed by atoms with E-state index in [0.717, 1.165) is 5.82 Å². The van der Waals surface area contributed by atoms with Gasteiger partial charge in [0, 0.05) is 26.5 Å². The molecule has 0 N–H and O–H groups in total. The smallest absolute Gasteiger partial charge is 0.188 e. The van der Waals surface area contributed by atoms with Gasteiger partial charge in [0.1, 0.15) is 11.5 Å². The Kier molecular flexibility index (Phi) is 2.37. The molecule has 5 nitrogen and oxygen atoms in total. The number of Topliss-reactive ketones (excluding diaryl/α,β-unsaturated/α-hetero) is 1. The van der Waals surface area contributed by atoms with Crippen molar-refractivity contribution < 1.29 is 4.79 Å². The summed E-state index contributed by atoms with van der Waals surface area (Å²) in [6.45, 7) is 0. The molecule has 2 aromatic rings. The number of nitrogens with zero attached hydrogens (tertiary/aromatic N) is 4. The fourth-order valence-corrected chi connectivity index (χ4v) is 1.43. The predicted molar refractivity (Wildman–Crippen MR) is 54.5 cm³/mol. The Balaban J connectivity index is 2.18. The largest absolute Gasteiger partial charge is 0.338 e. The third-order valence-corrected chi connectivity index (χ3v) is 2.34. The monoisotopic (exact) mass is 204 g/mol. The van der Waals surface area contributed by atoms with Crippen LogP contribution in [0.5, 0.6) is 0 Å². The molecule has 2 aromatic heterocycles. The first kappa shape index (κ1) is 9.64. The molecule has 0 unspecified atom stereocenters. The molecule has 0 spiro atoms. The van der Waals surface area contributed by atoms with Crippen LogP contribution in [0.3, 0.4) is 0 Å². The molecule has 0 saturated heterocycles. The van der Waals surface area contributed by atoms with Gasteiger partial charge in [0.2, 0.25) is 0 Å². The number of rotatable bonds is 3. The Hall–Kier alpha value is -1.91. The molecule has 5 heteroatoms. The van der Waals surface area contributed by atoms with E-state index < -0.39 is 0 Å². The average Bonchev–Trinajstić information content (AvgIpc) is 2.76. The van der Waals surface area contributed by atoms with Crippen molar-refractivity contribution in [2.24, 2.45) is 14.1 Å². The van der Waals surface area contributed by atoms with Crippen LogP contribution in [0.15, 0.2) is 24.9 Å². The van der Waals surface area contributed by atoms with Crippen LogP contribution in [0, 0.1) is 0 Å². The van der Waals surface area contributed by atoms with E-state index in [9.17, 15) is 4.79 Å². The highest BCUT2D eigenvalue weighted by molar-refractivity contribution is 5.95. The summed E-state index contributed by atoms with van der Waals surface area (Å²) in [5, 5.41) is 0. The van der Waals surface area contributed by atoms with Crippen LogP contribution in [0.4, 0.5) is 0 Å². The van der Waals surface area contributed by atoms with E-state index in [1.807, 2.05) is 17.8 Å². The Morgan fingerprint density at radius 2 is 2.20 bits per heavy atom. The van der Waals surface area contributed by atoms with Gasteiger partial charge in [-0.1, -0.05) is 0 Å². The molecule has 0 fully saturated rings. The number of hydrogen-bond donors (Lipinski definition) is 0. The van der Waals surface area contributed by atoms with Crippen LogP contribution in [-0.4, -0.2) is 24.9 Å². The minimum Gasteiger partial charge on any atom is -0.338 e. The van der Waals surface area contributed by atoms with E-state index in [1.165, 1.54) is 0 Å². The summed E-state index contributed by atoms with van der Waals surface area (Å²) in [5.41, 5.74) is 0.609. The van der Waals surface area contributed by atoms with Gasteiger partial charge in [0.05, 0.1) is 18.9 Å². The Labute approximate surface area is 87.4 Å². The molecule has 15 heavy (non-hydrogen) atoms. The van der Waals surface area contributed by atoms with Crippen molar-refractivity contribution in [1.82, 2.24) is 19.1 Å². The minimum absolute atomic E-state index is 0.0318. The lowest BCUT2D eigenvalue weighted by molar-refractivity contribution is 0.0982. The van der Waals surface area contributed by atoms with Gasteiger partial charge in [0.15, 0.2) is 5.78 Å². The van der Waals surface area contributed by atoms with Crippen LogP contribution in [-0.2, 0) is 20.5 Å². The van der Waals surface area contributed by atoms with E-state index in [4.69, 9.17) is 0 Å². The normalized spacial score (nSPS) is 10.5. The second-order valence-corrected chi connectivity index (χ2v) is 3.44. The quantitative estimate of drug-likeness (QED) is 0.687. The van der Waals surface area contributed by atoms with Gasteiger partial charge in [-0.3, -0.25) is 4.79 Å². The van der Waals surface area contributed by atoms with E-state index in [-0.39, 0.29) is 5.78 Å². The van der Waals surface area contributed by atoms with Crippen LogP contribution in [0.25, 0.3) is 0 Å². The molecule has 0 atom stereocenters. The van der Waals surface area contributed by atoms with E-state index in [1.54, 1.807) is 30.3 Å². The zero-order valence-corrected chi connectivity index (χ0v) is 8.71. The zero-order chi connectivity index (χ0) is 10.8. The number of imidazole rings is 2. The number of ketones is 1. The van der Waals surface area contributed by atoms with Crippen molar-refractivity contribution in [3.63, 3.8) is 0 Å². The summed E-state index contributed by atoms with van der Waals surface area (Å²) in [6.07, 6.45) is 7.01. The number of hydrogen-bond acceptors (Lipinski definition) is 3. The maximum absolute atomic E-state index is 11.8.